The monoisotopic (exact) mass is 422 g/mol. The third-order valence-electron chi connectivity index (χ3n) is 7.40. The Morgan fingerprint density at radius 3 is 0.800 bits per heavy atom. The van der Waals surface area contributed by atoms with Crippen LogP contribution in [0.3, 0.4) is 0 Å². The summed E-state index contributed by atoms with van der Waals surface area (Å²) in [6.07, 6.45) is 35.4. The number of unbranched alkanes of at least 4 members (excludes halogenated alkanes) is 22. The van der Waals surface area contributed by atoms with Crippen molar-refractivity contribution < 1.29 is 0 Å². The molecule has 0 aromatic carbocycles. The van der Waals surface area contributed by atoms with Gasteiger partial charge in [0.15, 0.2) is 0 Å². The first-order valence-electron chi connectivity index (χ1n) is 14.7. The molecular weight excluding hydrogens is 360 g/mol. The van der Waals surface area contributed by atoms with Gasteiger partial charge in [-0.15, -0.1) is 0 Å². The van der Waals surface area contributed by atoms with E-state index in [9.17, 15) is 0 Å². The van der Waals surface area contributed by atoms with E-state index in [4.69, 9.17) is 0 Å². The number of rotatable bonds is 25. The van der Waals surface area contributed by atoms with Crippen LogP contribution in [0.5, 0.6) is 0 Å². The molecule has 0 fully saturated rings. The molecular formula is C30H62. The predicted octanol–water partition coefficient (Wildman–Crippen LogP) is 11.7. The highest BCUT2D eigenvalue weighted by atomic mass is 14.1. The summed E-state index contributed by atoms with van der Waals surface area (Å²) in [5.74, 6) is 1.78. The molecule has 0 rings (SSSR count). The topological polar surface area (TPSA) is 0 Å². The average molecular weight is 423 g/mol. The maximum Gasteiger partial charge on any atom is -0.0420 e. The first-order valence-corrected chi connectivity index (χ1v) is 14.7. The smallest absolute Gasteiger partial charge is 0.0420 e. The van der Waals surface area contributed by atoms with E-state index in [1.807, 2.05) is 0 Å². The van der Waals surface area contributed by atoms with E-state index in [1.54, 1.807) is 0 Å². The van der Waals surface area contributed by atoms with Gasteiger partial charge in [0.05, 0.1) is 0 Å². The summed E-state index contributed by atoms with van der Waals surface area (Å²) in [4.78, 5) is 0. The molecule has 0 radical (unpaired) electrons. The summed E-state index contributed by atoms with van der Waals surface area (Å²) in [6.45, 7) is 9.45. The Labute approximate surface area is 193 Å². The van der Waals surface area contributed by atoms with E-state index in [0.29, 0.717) is 0 Å². The van der Waals surface area contributed by atoms with Crippen LogP contribution in [-0.2, 0) is 0 Å². The Kier molecular flexibility index (Phi) is 25.3. The molecule has 0 nitrogen and oxygen atoms in total. The summed E-state index contributed by atoms with van der Waals surface area (Å²) in [5, 5.41) is 0. The maximum absolute atomic E-state index is 2.42. The maximum atomic E-state index is 2.42. The van der Waals surface area contributed by atoms with Crippen LogP contribution < -0.4 is 0 Å². The van der Waals surface area contributed by atoms with E-state index in [2.05, 4.69) is 27.7 Å². The molecule has 0 saturated heterocycles. The van der Waals surface area contributed by atoms with Gasteiger partial charge >= 0.3 is 0 Å². The zero-order valence-electron chi connectivity index (χ0n) is 22.1. The molecule has 182 valence electrons. The first-order chi connectivity index (χ1) is 14.7. The van der Waals surface area contributed by atoms with E-state index >= 15 is 0 Å². The van der Waals surface area contributed by atoms with Crippen molar-refractivity contribution in [2.75, 3.05) is 0 Å². The van der Waals surface area contributed by atoms with Crippen molar-refractivity contribution in [2.24, 2.45) is 11.8 Å². The fourth-order valence-corrected chi connectivity index (χ4v) is 4.59. The molecule has 0 heteroatoms. The Balaban J connectivity index is 3.03. The zero-order chi connectivity index (χ0) is 22.1. The standard InChI is InChI=1S/C30H62/c1-5-6-7-8-9-10-11-12-13-14-15-16-17-18-19-20-21-22-23-24-25-26-27-28-30(4)29(2)3/h29-30H,5-28H2,1-4H3. The quantitative estimate of drug-likeness (QED) is 0.128. The fourth-order valence-electron chi connectivity index (χ4n) is 4.59. The summed E-state index contributed by atoms with van der Waals surface area (Å²) >= 11 is 0. The molecule has 0 aromatic heterocycles. The fraction of sp³-hybridized carbons (Fsp3) is 1.00. The van der Waals surface area contributed by atoms with Crippen LogP contribution in [0.15, 0.2) is 0 Å². The van der Waals surface area contributed by atoms with Gasteiger partial charge in [-0.25, -0.2) is 0 Å². The molecule has 0 aromatic rings. The van der Waals surface area contributed by atoms with Crippen molar-refractivity contribution in [1.82, 2.24) is 0 Å². The van der Waals surface area contributed by atoms with Crippen LogP contribution in [0.2, 0.25) is 0 Å². The molecule has 0 bridgehead atoms. The minimum absolute atomic E-state index is 0.865. The van der Waals surface area contributed by atoms with Crippen LogP contribution in [0.1, 0.15) is 182 Å². The second-order valence-corrected chi connectivity index (χ2v) is 10.8. The zero-order valence-corrected chi connectivity index (χ0v) is 22.1. The molecule has 0 N–H and O–H groups in total. The van der Waals surface area contributed by atoms with Crippen LogP contribution in [-0.4, -0.2) is 0 Å². The third-order valence-corrected chi connectivity index (χ3v) is 7.40. The van der Waals surface area contributed by atoms with Crippen LogP contribution in [0.25, 0.3) is 0 Å². The molecule has 1 atom stereocenters. The Morgan fingerprint density at radius 1 is 0.333 bits per heavy atom. The van der Waals surface area contributed by atoms with Gasteiger partial charge in [-0.2, -0.15) is 0 Å². The van der Waals surface area contributed by atoms with E-state index in [1.165, 1.54) is 154 Å². The lowest BCUT2D eigenvalue weighted by molar-refractivity contribution is 0.374. The normalized spacial score (nSPS) is 12.7. The lowest BCUT2D eigenvalue weighted by Gasteiger charge is -2.14. The van der Waals surface area contributed by atoms with Gasteiger partial charge < -0.3 is 0 Å². The summed E-state index contributed by atoms with van der Waals surface area (Å²) in [6, 6.07) is 0. The van der Waals surface area contributed by atoms with E-state index in [0.717, 1.165) is 11.8 Å². The van der Waals surface area contributed by atoms with E-state index in [-0.39, 0.29) is 0 Å². The third kappa shape index (κ3) is 24.3. The van der Waals surface area contributed by atoms with Gasteiger partial charge in [-0.05, 0) is 11.8 Å². The average Bonchev–Trinajstić information content (AvgIpc) is 2.74. The molecule has 0 aliphatic carbocycles. The van der Waals surface area contributed by atoms with Crippen molar-refractivity contribution in [1.29, 1.82) is 0 Å². The van der Waals surface area contributed by atoms with E-state index < -0.39 is 0 Å². The lowest BCUT2D eigenvalue weighted by Crippen LogP contribution is -2.03. The van der Waals surface area contributed by atoms with Crippen LogP contribution in [0, 0.1) is 11.8 Å². The first kappa shape index (κ1) is 30.0. The summed E-state index contributed by atoms with van der Waals surface area (Å²) < 4.78 is 0. The highest BCUT2D eigenvalue weighted by molar-refractivity contribution is 4.57. The van der Waals surface area contributed by atoms with Crippen LogP contribution >= 0.6 is 0 Å². The van der Waals surface area contributed by atoms with Gasteiger partial charge in [0.2, 0.25) is 0 Å². The van der Waals surface area contributed by atoms with Crippen molar-refractivity contribution >= 4 is 0 Å². The van der Waals surface area contributed by atoms with Crippen molar-refractivity contribution in [3.05, 3.63) is 0 Å². The minimum atomic E-state index is 0.865. The Bertz CT molecular complexity index is 292. The van der Waals surface area contributed by atoms with Crippen molar-refractivity contribution in [3.8, 4) is 0 Å². The largest absolute Gasteiger partial charge is 0.0654 e. The van der Waals surface area contributed by atoms with Gasteiger partial charge in [0, 0.05) is 0 Å². The summed E-state index contributed by atoms with van der Waals surface area (Å²) in [5.41, 5.74) is 0. The van der Waals surface area contributed by atoms with Gasteiger partial charge in [-0.3, -0.25) is 0 Å². The van der Waals surface area contributed by atoms with Crippen molar-refractivity contribution in [2.45, 2.75) is 182 Å². The number of hydrogen-bond donors (Lipinski definition) is 0. The van der Waals surface area contributed by atoms with Gasteiger partial charge in [-0.1, -0.05) is 182 Å². The Hall–Kier alpha value is 0. The van der Waals surface area contributed by atoms with Gasteiger partial charge in [0.25, 0.3) is 0 Å². The highest BCUT2D eigenvalue weighted by Gasteiger charge is 2.05. The number of hydrogen-bond acceptors (Lipinski definition) is 0. The predicted molar refractivity (Wildman–Crippen MR) is 140 cm³/mol. The van der Waals surface area contributed by atoms with Crippen molar-refractivity contribution in [3.63, 3.8) is 0 Å². The molecule has 30 heavy (non-hydrogen) atoms. The molecule has 0 amide bonds. The second-order valence-electron chi connectivity index (χ2n) is 10.8. The summed E-state index contributed by atoms with van der Waals surface area (Å²) in [7, 11) is 0. The lowest BCUT2D eigenvalue weighted by atomic mass is 9.92. The van der Waals surface area contributed by atoms with Gasteiger partial charge in [0.1, 0.15) is 0 Å². The molecule has 0 saturated carbocycles. The molecule has 0 heterocycles. The minimum Gasteiger partial charge on any atom is -0.0654 e. The molecule has 1 unspecified atom stereocenters. The Morgan fingerprint density at radius 2 is 0.567 bits per heavy atom. The molecule has 0 aliphatic rings. The van der Waals surface area contributed by atoms with Crippen LogP contribution in [0.4, 0.5) is 0 Å². The highest BCUT2D eigenvalue weighted by Crippen LogP contribution is 2.19. The molecule has 0 spiro atoms. The second kappa shape index (κ2) is 25.3. The molecule has 0 aliphatic heterocycles. The SMILES string of the molecule is CCCCCCCCCCCCCCCCCCCCCCCCCC(C)C(C)C.